The number of benzene rings is 2. The zero-order valence-electron chi connectivity index (χ0n) is 25.1. The smallest absolute Gasteiger partial charge is 0.316 e. The summed E-state index contributed by atoms with van der Waals surface area (Å²) in [4.78, 5) is 38.1. The summed E-state index contributed by atoms with van der Waals surface area (Å²) in [5.74, 6) is 0.367. The number of esters is 2. The molecule has 2 aromatic rings. The predicted octanol–water partition coefficient (Wildman–Crippen LogP) is 7.73. The maximum atomic E-state index is 13.1. The highest BCUT2D eigenvalue weighted by atomic mass is 16.5. The molecule has 0 atom stereocenters. The van der Waals surface area contributed by atoms with Gasteiger partial charge in [-0.15, -0.1) is 13.2 Å². The van der Waals surface area contributed by atoms with E-state index in [4.69, 9.17) is 14.2 Å². The lowest BCUT2D eigenvalue weighted by molar-refractivity contribution is -0.143. The van der Waals surface area contributed by atoms with Gasteiger partial charge in [0, 0.05) is 16.7 Å². The first-order valence-corrected chi connectivity index (χ1v) is 13.4. The van der Waals surface area contributed by atoms with Crippen LogP contribution < -0.4 is 14.2 Å². The van der Waals surface area contributed by atoms with Crippen LogP contribution in [0.2, 0.25) is 0 Å². The molecule has 40 heavy (non-hydrogen) atoms. The fraction of sp³-hybridized carbons (Fsp3) is 0.382. The Morgan fingerprint density at radius 1 is 0.825 bits per heavy atom. The highest BCUT2D eigenvalue weighted by Gasteiger charge is 2.28. The highest BCUT2D eigenvalue weighted by Crippen LogP contribution is 2.39. The molecule has 6 nitrogen and oxygen atoms in total. The summed E-state index contributed by atoms with van der Waals surface area (Å²) < 4.78 is 17.5. The van der Waals surface area contributed by atoms with E-state index in [0.717, 1.165) is 5.56 Å². The fourth-order valence-electron chi connectivity index (χ4n) is 3.51. The van der Waals surface area contributed by atoms with Crippen LogP contribution in [-0.4, -0.2) is 23.8 Å². The second-order valence-electron chi connectivity index (χ2n) is 11.9. The molecule has 0 unspecified atom stereocenters. The molecule has 0 N–H and O–H groups in total. The van der Waals surface area contributed by atoms with Gasteiger partial charge in [-0.3, -0.25) is 14.4 Å². The molecule has 2 rings (SSSR count). The van der Waals surface area contributed by atoms with E-state index in [1.165, 1.54) is 6.08 Å². The summed E-state index contributed by atoms with van der Waals surface area (Å²) in [7, 11) is 0. The number of ketones is 1. The third kappa shape index (κ3) is 8.80. The van der Waals surface area contributed by atoms with E-state index >= 15 is 0 Å². The molecule has 0 aliphatic carbocycles. The molecule has 214 valence electrons. The Balaban J connectivity index is 2.53. The van der Waals surface area contributed by atoms with Gasteiger partial charge in [-0.05, 0) is 116 Å². The SMILES string of the molecule is C=CCc1cc(C=CC(=O)c2ccc(OC(=O)C(C)(C)C)cc2)c(OC(C)C)c(CC=C)c1OC(=O)C(C)(C)C. The van der Waals surface area contributed by atoms with Gasteiger partial charge in [0.15, 0.2) is 5.78 Å². The van der Waals surface area contributed by atoms with Crippen molar-refractivity contribution >= 4 is 23.8 Å². The molecule has 0 aliphatic rings. The summed E-state index contributed by atoms with van der Waals surface area (Å²) in [6, 6.07) is 8.28. The van der Waals surface area contributed by atoms with Crippen LogP contribution >= 0.6 is 0 Å². The van der Waals surface area contributed by atoms with E-state index in [2.05, 4.69) is 13.2 Å². The first-order chi connectivity index (χ1) is 18.6. The number of hydrogen-bond acceptors (Lipinski definition) is 6. The molecule has 0 heterocycles. The molecule has 2 aromatic carbocycles. The van der Waals surface area contributed by atoms with Crippen LogP contribution in [0.15, 0.2) is 61.7 Å². The third-order valence-electron chi connectivity index (χ3n) is 5.68. The number of rotatable bonds is 11. The van der Waals surface area contributed by atoms with Gasteiger partial charge in [0.05, 0.1) is 16.9 Å². The van der Waals surface area contributed by atoms with Crippen LogP contribution in [0.3, 0.4) is 0 Å². The maximum absolute atomic E-state index is 13.1. The first-order valence-electron chi connectivity index (χ1n) is 13.4. The molecule has 0 radical (unpaired) electrons. The lowest BCUT2D eigenvalue weighted by Gasteiger charge is -2.24. The van der Waals surface area contributed by atoms with Crippen LogP contribution in [0.4, 0.5) is 0 Å². The average Bonchev–Trinajstić information content (AvgIpc) is 2.85. The van der Waals surface area contributed by atoms with Crippen molar-refractivity contribution < 1.29 is 28.6 Å². The summed E-state index contributed by atoms with van der Waals surface area (Å²) >= 11 is 0. The normalized spacial score (nSPS) is 11.8. The van der Waals surface area contributed by atoms with Crippen molar-refractivity contribution in [3.8, 4) is 17.2 Å². The Morgan fingerprint density at radius 3 is 1.88 bits per heavy atom. The molecule has 0 spiro atoms. The lowest BCUT2D eigenvalue weighted by atomic mass is 9.95. The van der Waals surface area contributed by atoms with Gasteiger partial charge in [-0.1, -0.05) is 12.2 Å². The molecular formula is C34H42O6. The minimum absolute atomic E-state index is 0.175. The van der Waals surface area contributed by atoms with E-state index in [-0.39, 0.29) is 23.8 Å². The Hall–Kier alpha value is -3.93. The van der Waals surface area contributed by atoms with E-state index in [1.54, 1.807) is 84.0 Å². The fourth-order valence-corrected chi connectivity index (χ4v) is 3.51. The lowest BCUT2D eigenvalue weighted by Crippen LogP contribution is -2.26. The van der Waals surface area contributed by atoms with Crippen molar-refractivity contribution in [2.75, 3.05) is 0 Å². The van der Waals surface area contributed by atoms with E-state index in [1.807, 2.05) is 19.9 Å². The first kappa shape index (κ1) is 32.3. The predicted molar refractivity (Wildman–Crippen MR) is 160 cm³/mol. The van der Waals surface area contributed by atoms with Crippen LogP contribution in [-0.2, 0) is 22.4 Å². The molecule has 0 amide bonds. The molecule has 0 fully saturated rings. The highest BCUT2D eigenvalue weighted by molar-refractivity contribution is 6.07. The van der Waals surface area contributed by atoms with Crippen molar-refractivity contribution in [3.63, 3.8) is 0 Å². The molecule has 0 bridgehead atoms. The zero-order valence-corrected chi connectivity index (χ0v) is 25.1. The minimum atomic E-state index is -0.707. The van der Waals surface area contributed by atoms with Gasteiger partial charge in [0.25, 0.3) is 0 Å². The van der Waals surface area contributed by atoms with Crippen molar-refractivity contribution in [1.82, 2.24) is 0 Å². The number of hydrogen-bond donors (Lipinski definition) is 0. The van der Waals surface area contributed by atoms with Crippen LogP contribution in [0.5, 0.6) is 17.2 Å². The standard InChI is InChI=1S/C34H42O6/c1-11-13-24-21-25(17-20-28(35)23-15-18-26(19-16-23)39-31(36)33(5,6)7)29(38-22(3)4)27(14-12-2)30(24)40-32(37)34(8,9)10/h11-12,15-22H,1-2,13-14H2,3-10H3. The van der Waals surface area contributed by atoms with Crippen LogP contribution in [0.25, 0.3) is 6.08 Å². The van der Waals surface area contributed by atoms with E-state index < -0.39 is 10.8 Å². The third-order valence-corrected chi connectivity index (χ3v) is 5.68. The second-order valence-corrected chi connectivity index (χ2v) is 11.9. The Morgan fingerprint density at radius 2 is 1.38 bits per heavy atom. The summed E-state index contributed by atoms with van der Waals surface area (Å²) in [6.07, 6.45) is 7.28. The average molecular weight is 547 g/mol. The molecule has 0 aromatic heterocycles. The number of carbonyl (C=O) groups is 3. The minimum Gasteiger partial charge on any atom is -0.490 e. The topological polar surface area (TPSA) is 78.9 Å². The van der Waals surface area contributed by atoms with E-state index in [0.29, 0.717) is 46.8 Å². The van der Waals surface area contributed by atoms with Gasteiger partial charge in [-0.2, -0.15) is 0 Å². The van der Waals surface area contributed by atoms with E-state index in [9.17, 15) is 14.4 Å². The van der Waals surface area contributed by atoms with Crippen molar-refractivity contribution in [2.24, 2.45) is 10.8 Å². The van der Waals surface area contributed by atoms with Gasteiger partial charge < -0.3 is 14.2 Å². The summed E-state index contributed by atoms with van der Waals surface area (Å²) in [6.45, 7) is 22.3. The molecule has 0 aliphatic heterocycles. The largest absolute Gasteiger partial charge is 0.490 e. The van der Waals surface area contributed by atoms with Crippen molar-refractivity contribution in [2.45, 2.75) is 74.3 Å². The van der Waals surface area contributed by atoms with Gasteiger partial charge in [0.2, 0.25) is 0 Å². The van der Waals surface area contributed by atoms with Gasteiger partial charge >= 0.3 is 11.9 Å². The summed E-state index contributed by atoms with van der Waals surface area (Å²) in [5, 5.41) is 0. The monoisotopic (exact) mass is 546 g/mol. The number of allylic oxidation sites excluding steroid dienone is 3. The maximum Gasteiger partial charge on any atom is 0.316 e. The quantitative estimate of drug-likeness (QED) is 0.0943. The van der Waals surface area contributed by atoms with Crippen LogP contribution in [0.1, 0.15) is 82.4 Å². The van der Waals surface area contributed by atoms with Gasteiger partial charge in [0.1, 0.15) is 17.2 Å². The second kappa shape index (κ2) is 13.4. The van der Waals surface area contributed by atoms with Crippen LogP contribution in [0, 0.1) is 10.8 Å². The Kier molecular flexibility index (Phi) is 10.8. The molecule has 0 saturated heterocycles. The number of carbonyl (C=O) groups excluding carboxylic acids is 3. The Bertz CT molecular complexity index is 1280. The Labute approximate surface area is 238 Å². The molecule has 6 heteroatoms. The van der Waals surface area contributed by atoms with Crippen molar-refractivity contribution in [1.29, 1.82) is 0 Å². The zero-order chi connectivity index (χ0) is 30.3. The number of ether oxygens (including phenoxy) is 3. The molecular weight excluding hydrogens is 504 g/mol. The van der Waals surface area contributed by atoms with Crippen molar-refractivity contribution in [3.05, 3.63) is 84.0 Å². The van der Waals surface area contributed by atoms with Gasteiger partial charge in [-0.25, -0.2) is 0 Å². The summed E-state index contributed by atoms with van der Waals surface area (Å²) in [5.41, 5.74) is 1.19. The molecule has 0 saturated carbocycles.